The normalized spacial score (nSPS) is 11.1. The average Bonchev–Trinajstić information content (AvgIpc) is 2.34. The fourth-order valence-corrected chi connectivity index (χ4v) is 1.90. The third-order valence-corrected chi connectivity index (χ3v) is 2.85. The maximum Gasteiger partial charge on any atom is 0.412 e. The molecule has 0 aromatic heterocycles. The summed E-state index contributed by atoms with van der Waals surface area (Å²) in [5, 5.41) is 2.73. The van der Waals surface area contributed by atoms with Crippen molar-refractivity contribution < 1.29 is 14.3 Å². The molecule has 0 fully saturated rings. The maximum atomic E-state index is 11.7. The number of benzene rings is 1. The Balaban J connectivity index is 2.78. The molecular formula is C15H23NO3S. The van der Waals surface area contributed by atoms with Crippen LogP contribution in [0.2, 0.25) is 0 Å². The lowest BCUT2D eigenvalue weighted by Gasteiger charge is -2.20. The third kappa shape index (κ3) is 5.74. The van der Waals surface area contributed by atoms with Crippen molar-refractivity contribution in [2.45, 2.75) is 39.2 Å². The van der Waals surface area contributed by atoms with Gasteiger partial charge in [0.05, 0.1) is 7.11 Å². The Labute approximate surface area is 126 Å². The van der Waals surface area contributed by atoms with Crippen LogP contribution in [0, 0.1) is 0 Å². The number of rotatable bonds is 5. The zero-order valence-corrected chi connectivity index (χ0v) is 13.4. The average molecular weight is 297 g/mol. The van der Waals surface area contributed by atoms with Crippen LogP contribution in [0.25, 0.3) is 0 Å². The van der Waals surface area contributed by atoms with Crippen LogP contribution in [-0.4, -0.2) is 24.6 Å². The molecule has 5 heteroatoms. The van der Waals surface area contributed by atoms with E-state index in [1.165, 1.54) is 0 Å². The molecule has 0 saturated heterocycles. The molecule has 0 spiro atoms. The topological polar surface area (TPSA) is 47.6 Å². The Morgan fingerprint density at radius 1 is 1.35 bits per heavy atom. The first-order valence-corrected chi connectivity index (χ1v) is 7.27. The summed E-state index contributed by atoms with van der Waals surface area (Å²) >= 11 is 4.21. The SMILES string of the molecule is COc1ccc(NC(=O)OC(C)(C)C)cc1CCCS. The first-order valence-electron chi connectivity index (χ1n) is 6.63. The number of methoxy groups -OCH3 is 1. The van der Waals surface area contributed by atoms with Crippen molar-refractivity contribution in [2.24, 2.45) is 0 Å². The van der Waals surface area contributed by atoms with Crippen molar-refractivity contribution in [1.29, 1.82) is 0 Å². The second-order valence-corrected chi connectivity index (χ2v) is 5.93. The summed E-state index contributed by atoms with van der Waals surface area (Å²) in [6, 6.07) is 5.56. The summed E-state index contributed by atoms with van der Waals surface area (Å²) in [4.78, 5) is 11.7. The predicted molar refractivity (Wildman–Crippen MR) is 85.0 cm³/mol. The van der Waals surface area contributed by atoms with Crippen LogP contribution < -0.4 is 10.1 Å². The molecule has 20 heavy (non-hydrogen) atoms. The fraction of sp³-hybridized carbons (Fsp3) is 0.533. The van der Waals surface area contributed by atoms with Gasteiger partial charge >= 0.3 is 6.09 Å². The lowest BCUT2D eigenvalue weighted by molar-refractivity contribution is 0.0636. The molecule has 0 heterocycles. The quantitative estimate of drug-likeness (QED) is 0.810. The number of hydrogen-bond acceptors (Lipinski definition) is 4. The number of ether oxygens (including phenoxy) is 2. The highest BCUT2D eigenvalue weighted by molar-refractivity contribution is 7.80. The summed E-state index contributed by atoms with van der Waals surface area (Å²) < 4.78 is 10.5. The zero-order valence-electron chi connectivity index (χ0n) is 12.5. The number of anilines is 1. The zero-order chi connectivity index (χ0) is 15.2. The van der Waals surface area contributed by atoms with Crippen LogP contribution in [0.3, 0.4) is 0 Å². The molecule has 1 aromatic carbocycles. The first kappa shape index (κ1) is 16.7. The van der Waals surface area contributed by atoms with Crippen LogP contribution in [0.15, 0.2) is 18.2 Å². The van der Waals surface area contributed by atoms with Gasteiger partial charge in [-0.15, -0.1) is 0 Å². The molecule has 0 aliphatic carbocycles. The third-order valence-electron chi connectivity index (χ3n) is 2.53. The van der Waals surface area contributed by atoms with Gasteiger partial charge in [-0.3, -0.25) is 5.32 Å². The van der Waals surface area contributed by atoms with Crippen molar-refractivity contribution in [3.05, 3.63) is 23.8 Å². The van der Waals surface area contributed by atoms with Crippen molar-refractivity contribution in [1.82, 2.24) is 0 Å². The highest BCUT2D eigenvalue weighted by Gasteiger charge is 2.16. The van der Waals surface area contributed by atoms with Crippen molar-refractivity contribution >= 4 is 24.4 Å². The molecule has 0 aliphatic rings. The number of amides is 1. The van der Waals surface area contributed by atoms with E-state index in [1.54, 1.807) is 13.2 Å². The van der Waals surface area contributed by atoms with Crippen LogP contribution >= 0.6 is 12.6 Å². The highest BCUT2D eigenvalue weighted by atomic mass is 32.1. The van der Waals surface area contributed by atoms with E-state index in [2.05, 4.69) is 17.9 Å². The fourth-order valence-electron chi connectivity index (χ4n) is 1.74. The van der Waals surface area contributed by atoms with E-state index in [0.717, 1.165) is 29.9 Å². The molecule has 0 bridgehead atoms. The van der Waals surface area contributed by atoms with Crippen LogP contribution in [0.1, 0.15) is 32.8 Å². The van der Waals surface area contributed by atoms with Gasteiger partial charge in [0, 0.05) is 5.69 Å². The van der Waals surface area contributed by atoms with Crippen molar-refractivity contribution in [3.63, 3.8) is 0 Å². The van der Waals surface area contributed by atoms with Gasteiger partial charge in [0.25, 0.3) is 0 Å². The molecule has 4 nitrogen and oxygen atoms in total. The Hall–Kier alpha value is -1.36. The summed E-state index contributed by atoms with van der Waals surface area (Å²) in [5.74, 6) is 1.63. The Kier molecular flexibility index (Phi) is 6.20. The number of carbonyl (C=O) groups is 1. The predicted octanol–water partition coefficient (Wildman–Crippen LogP) is 3.90. The van der Waals surface area contributed by atoms with Crippen LogP contribution in [0.4, 0.5) is 10.5 Å². The van der Waals surface area contributed by atoms with Gasteiger partial charge in [0.1, 0.15) is 11.4 Å². The van der Waals surface area contributed by atoms with Gasteiger partial charge in [-0.2, -0.15) is 12.6 Å². The van der Waals surface area contributed by atoms with Gasteiger partial charge in [0.15, 0.2) is 0 Å². The number of thiol groups is 1. The molecule has 1 N–H and O–H groups in total. The second-order valence-electron chi connectivity index (χ2n) is 5.48. The Morgan fingerprint density at radius 2 is 2.05 bits per heavy atom. The molecular weight excluding hydrogens is 274 g/mol. The number of hydrogen-bond donors (Lipinski definition) is 2. The second kappa shape index (κ2) is 7.43. The Morgan fingerprint density at radius 3 is 2.60 bits per heavy atom. The van der Waals surface area contributed by atoms with Gasteiger partial charge in [-0.1, -0.05) is 0 Å². The number of nitrogens with one attached hydrogen (secondary N) is 1. The summed E-state index contributed by atoms with van der Waals surface area (Å²) in [5.41, 5.74) is 1.25. The minimum absolute atomic E-state index is 0.456. The largest absolute Gasteiger partial charge is 0.496 e. The lowest BCUT2D eigenvalue weighted by Crippen LogP contribution is -2.27. The van der Waals surface area contributed by atoms with Crippen molar-refractivity contribution in [3.8, 4) is 5.75 Å². The minimum Gasteiger partial charge on any atom is -0.496 e. The van der Waals surface area contributed by atoms with E-state index in [-0.39, 0.29) is 0 Å². The molecule has 112 valence electrons. The minimum atomic E-state index is -0.509. The molecule has 1 amide bonds. The molecule has 1 aromatic rings. The molecule has 0 aliphatic heterocycles. The van der Waals surface area contributed by atoms with E-state index in [4.69, 9.17) is 9.47 Å². The molecule has 0 saturated carbocycles. The van der Waals surface area contributed by atoms with Crippen molar-refractivity contribution in [2.75, 3.05) is 18.2 Å². The van der Waals surface area contributed by atoms with Gasteiger partial charge in [-0.05, 0) is 63.1 Å². The molecule has 1 rings (SSSR count). The molecule has 0 atom stereocenters. The first-order chi connectivity index (χ1) is 9.35. The highest BCUT2D eigenvalue weighted by Crippen LogP contribution is 2.24. The van der Waals surface area contributed by atoms with E-state index in [1.807, 2.05) is 32.9 Å². The molecule has 0 unspecified atom stereocenters. The van der Waals surface area contributed by atoms with Gasteiger partial charge in [0.2, 0.25) is 0 Å². The van der Waals surface area contributed by atoms with E-state index in [0.29, 0.717) is 5.69 Å². The smallest absolute Gasteiger partial charge is 0.412 e. The monoisotopic (exact) mass is 297 g/mol. The van der Waals surface area contributed by atoms with E-state index in [9.17, 15) is 4.79 Å². The van der Waals surface area contributed by atoms with E-state index >= 15 is 0 Å². The summed E-state index contributed by atoms with van der Waals surface area (Å²) in [7, 11) is 1.64. The lowest BCUT2D eigenvalue weighted by atomic mass is 10.1. The van der Waals surface area contributed by atoms with Gasteiger partial charge < -0.3 is 9.47 Å². The Bertz CT molecular complexity index is 455. The van der Waals surface area contributed by atoms with E-state index < -0.39 is 11.7 Å². The standard InChI is InChI=1S/C15H23NO3S/c1-15(2,3)19-14(17)16-12-7-8-13(18-4)11(10-12)6-5-9-20/h7-8,10,20H,5-6,9H2,1-4H3,(H,16,17). The van der Waals surface area contributed by atoms with Crippen LogP contribution in [-0.2, 0) is 11.2 Å². The number of carbonyl (C=O) groups excluding carboxylic acids is 1. The maximum absolute atomic E-state index is 11.7. The van der Waals surface area contributed by atoms with Gasteiger partial charge in [-0.25, -0.2) is 4.79 Å². The summed E-state index contributed by atoms with van der Waals surface area (Å²) in [6.45, 7) is 5.50. The summed E-state index contributed by atoms with van der Waals surface area (Å²) in [6.07, 6.45) is 1.36. The number of aryl methyl sites for hydroxylation is 1. The molecule has 0 radical (unpaired) electrons. The van der Waals surface area contributed by atoms with Crippen LogP contribution in [0.5, 0.6) is 5.75 Å².